The topological polar surface area (TPSA) is 164 Å². The Morgan fingerprint density at radius 1 is 0.697 bits per heavy atom. The maximum atomic E-state index is 14.3. The van der Waals surface area contributed by atoms with E-state index in [0.717, 1.165) is 0 Å². The highest BCUT2D eigenvalue weighted by atomic mass is 16.2. The highest BCUT2D eigenvalue weighted by molar-refractivity contribution is 6.17. The second-order valence-electron chi connectivity index (χ2n) is 7.69. The lowest BCUT2D eigenvalue weighted by Gasteiger charge is -2.35. The molecule has 0 saturated carbocycles. The molecule has 162 valence electrons. The first-order valence-electron chi connectivity index (χ1n) is 9.93. The molecular formula is C22H14N6O5. The molecule has 1 atom stereocenters. The van der Waals surface area contributed by atoms with E-state index in [1.165, 1.54) is 4.90 Å². The fraction of sp³-hybridized carbons (Fsp3) is 0.0455. The molecule has 4 aromatic rings. The van der Waals surface area contributed by atoms with Gasteiger partial charge in [-0.2, -0.15) is 0 Å². The average molecular weight is 442 g/mol. The number of aromatic amines is 4. The number of nitrogens with one attached hydrogen (secondary N) is 5. The van der Waals surface area contributed by atoms with E-state index in [0.29, 0.717) is 16.9 Å². The van der Waals surface area contributed by atoms with Crippen molar-refractivity contribution in [2.45, 2.75) is 5.41 Å². The second kappa shape index (κ2) is 6.29. The van der Waals surface area contributed by atoms with E-state index in [9.17, 15) is 24.0 Å². The van der Waals surface area contributed by atoms with Crippen molar-refractivity contribution >= 4 is 28.8 Å². The van der Waals surface area contributed by atoms with Crippen LogP contribution >= 0.6 is 0 Å². The standard InChI is InChI=1S/C22H14N6O5/c29-17-13-16(25-21(33)26-17)28(10-6-2-1-3-7-10)19(31)22(13)11-8-4-5-9-12(11)23-14-15(22)24-20(32)27-18(14)30/h1-9,23H,(H2,24,27,30,32)(H2,25,26,29,33). The summed E-state index contributed by atoms with van der Waals surface area (Å²) in [5.74, 6) is -0.670. The Hall–Kier alpha value is -4.93. The number of benzene rings is 2. The molecular weight excluding hydrogens is 428 g/mol. The normalized spacial score (nSPS) is 17.9. The van der Waals surface area contributed by atoms with Crippen LogP contribution in [0.25, 0.3) is 0 Å². The van der Waals surface area contributed by atoms with Crippen molar-refractivity contribution in [1.29, 1.82) is 0 Å². The first kappa shape index (κ1) is 18.8. The van der Waals surface area contributed by atoms with Gasteiger partial charge in [-0.05, 0) is 18.2 Å². The molecule has 1 unspecified atom stereocenters. The largest absolute Gasteiger partial charge is 0.349 e. The van der Waals surface area contributed by atoms with Crippen LogP contribution in [0.3, 0.4) is 0 Å². The molecule has 0 radical (unpaired) electrons. The van der Waals surface area contributed by atoms with Gasteiger partial charge in [-0.25, -0.2) is 9.59 Å². The van der Waals surface area contributed by atoms with Gasteiger partial charge in [0.05, 0.1) is 16.9 Å². The van der Waals surface area contributed by atoms with Crippen molar-refractivity contribution in [3.63, 3.8) is 0 Å². The highest BCUT2D eigenvalue weighted by Crippen LogP contribution is 2.54. The Morgan fingerprint density at radius 2 is 1.36 bits per heavy atom. The van der Waals surface area contributed by atoms with E-state index in [1.807, 2.05) is 0 Å². The Labute approximate surface area is 182 Å². The molecule has 1 amide bonds. The number of carbonyl (C=O) groups excluding carboxylic acids is 1. The number of rotatable bonds is 1. The minimum absolute atomic E-state index is 0.0382. The van der Waals surface area contributed by atoms with E-state index in [1.54, 1.807) is 54.6 Å². The van der Waals surface area contributed by atoms with Gasteiger partial charge in [0.25, 0.3) is 17.0 Å². The first-order valence-corrected chi connectivity index (χ1v) is 9.93. The van der Waals surface area contributed by atoms with Gasteiger partial charge < -0.3 is 10.3 Å². The molecule has 6 rings (SSSR count). The Balaban J connectivity index is 1.85. The summed E-state index contributed by atoms with van der Waals surface area (Å²) in [4.78, 5) is 75.6. The van der Waals surface area contributed by atoms with Gasteiger partial charge in [0.2, 0.25) is 0 Å². The third kappa shape index (κ3) is 2.30. The summed E-state index contributed by atoms with van der Waals surface area (Å²) in [7, 11) is 0. The van der Waals surface area contributed by atoms with Crippen LogP contribution in [0.4, 0.5) is 22.9 Å². The third-order valence-corrected chi connectivity index (χ3v) is 5.97. The Kier molecular flexibility index (Phi) is 3.59. The van der Waals surface area contributed by atoms with Crippen LogP contribution in [0.5, 0.6) is 0 Å². The number of fused-ring (bicyclic) bond motifs is 6. The number of hydrogen-bond donors (Lipinski definition) is 5. The molecule has 2 aliphatic heterocycles. The van der Waals surface area contributed by atoms with Gasteiger partial charge in [-0.1, -0.05) is 36.4 Å². The van der Waals surface area contributed by atoms with Crippen LogP contribution in [0.1, 0.15) is 16.8 Å². The van der Waals surface area contributed by atoms with Crippen LogP contribution in [-0.4, -0.2) is 25.8 Å². The van der Waals surface area contributed by atoms with E-state index in [2.05, 4.69) is 25.3 Å². The summed E-state index contributed by atoms with van der Waals surface area (Å²) in [6, 6.07) is 15.1. The number of H-pyrrole nitrogens is 4. The average Bonchev–Trinajstić information content (AvgIpc) is 3.04. The van der Waals surface area contributed by atoms with E-state index in [4.69, 9.17) is 0 Å². The van der Waals surface area contributed by atoms with E-state index >= 15 is 0 Å². The van der Waals surface area contributed by atoms with Crippen LogP contribution < -0.4 is 32.7 Å². The molecule has 2 aromatic heterocycles. The molecule has 0 aliphatic carbocycles. The summed E-state index contributed by atoms with van der Waals surface area (Å²) >= 11 is 0. The van der Waals surface area contributed by atoms with Gasteiger partial charge in [0.1, 0.15) is 11.5 Å². The predicted octanol–water partition coefficient (Wildman–Crippen LogP) is 0.510. The number of amides is 1. The van der Waals surface area contributed by atoms with Gasteiger partial charge in [-0.15, -0.1) is 0 Å². The number of anilines is 4. The Morgan fingerprint density at radius 3 is 2.15 bits per heavy atom. The fourth-order valence-electron chi connectivity index (χ4n) is 4.75. The fourth-order valence-corrected chi connectivity index (χ4v) is 4.75. The highest BCUT2D eigenvalue weighted by Gasteiger charge is 2.60. The number of nitrogens with zero attached hydrogens (tertiary/aromatic N) is 1. The van der Waals surface area contributed by atoms with Crippen LogP contribution in [-0.2, 0) is 10.2 Å². The maximum Gasteiger partial charge on any atom is 0.327 e. The van der Waals surface area contributed by atoms with Crippen molar-refractivity contribution in [2.24, 2.45) is 0 Å². The number of hydrogen-bond acceptors (Lipinski definition) is 6. The minimum Gasteiger partial charge on any atom is -0.349 e. The minimum atomic E-state index is -1.90. The monoisotopic (exact) mass is 442 g/mol. The summed E-state index contributed by atoms with van der Waals surface area (Å²) in [5, 5.41) is 2.96. The zero-order chi connectivity index (χ0) is 22.9. The van der Waals surface area contributed by atoms with Crippen LogP contribution in [0, 0.1) is 0 Å². The molecule has 33 heavy (non-hydrogen) atoms. The van der Waals surface area contributed by atoms with Gasteiger partial charge in [0, 0.05) is 11.3 Å². The molecule has 11 nitrogen and oxygen atoms in total. The van der Waals surface area contributed by atoms with Crippen LogP contribution in [0.15, 0.2) is 73.8 Å². The van der Waals surface area contributed by atoms with Crippen molar-refractivity contribution in [1.82, 2.24) is 19.9 Å². The second-order valence-corrected chi connectivity index (χ2v) is 7.69. The molecule has 0 bridgehead atoms. The van der Waals surface area contributed by atoms with Crippen LogP contribution in [0.2, 0.25) is 0 Å². The van der Waals surface area contributed by atoms with Crippen molar-refractivity contribution < 1.29 is 4.79 Å². The third-order valence-electron chi connectivity index (χ3n) is 5.97. The smallest absolute Gasteiger partial charge is 0.327 e. The molecule has 1 spiro atoms. The number of carbonyl (C=O) groups is 1. The molecule has 2 aliphatic rings. The summed E-state index contributed by atoms with van der Waals surface area (Å²) < 4.78 is 0. The van der Waals surface area contributed by atoms with Crippen molar-refractivity contribution in [3.05, 3.63) is 113 Å². The molecule has 0 saturated heterocycles. The summed E-state index contributed by atoms with van der Waals surface area (Å²) in [6.45, 7) is 0. The number of aromatic nitrogens is 4. The lowest BCUT2D eigenvalue weighted by Crippen LogP contribution is -2.48. The summed E-state index contributed by atoms with van der Waals surface area (Å²) in [6.07, 6.45) is 0. The van der Waals surface area contributed by atoms with Gasteiger partial charge in [0.15, 0.2) is 5.41 Å². The summed E-state index contributed by atoms with van der Waals surface area (Å²) in [5.41, 5.74) is -4.22. The van der Waals surface area contributed by atoms with E-state index < -0.39 is 33.8 Å². The lowest BCUT2D eigenvalue weighted by atomic mass is 9.70. The number of para-hydroxylation sites is 2. The van der Waals surface area contributed by atoms with E-state index in [-0.39, 0.29) is 22.8 Å². The molecule has 0 fully saturated rings. The SMILES string of the molecule is O=C1N(c2ccccc2)c2[nH]c(=O)[nH]c(=O)c2C12c1ccccc1Nc1c2[nH]c(=O)[nH]c1=O. The zero-order valence-corrected chi connectivity index (χ0v) is 16.7. The molecule has 11 heteroatoms. The maximum absolute atomic E-state index is 14.3. The first-order chi connectivity index (χ1) is 15.9. The van der Waals surface area contributed by atoms with Gasteiger partial charge in [-0.3, -0.25) is 34.2 Å². The molecule has 2 aromatic carbocycles. The molecule has 4 heterocycles. The quantitative estimate of drug-likeness (QED) is 0.288. The molecule has 5 N–H and O–H groups in total. The lowest BCUT2D eigenvalue weighted by molar-refractivity contribution is -0.120. The van der Waals surface area contributed by atoms with Crippen molar-refractivity contribution in [2.75, 3.05) is 10.2 Å². The predicted molar refractivity (Wildman–Crippen MR) is 119 cm³/mol. The Bertz CT molecular complexity index is 1710. The van der Waals surface area contributed by atoms with Crippen molar-refractivity contribution in [3.8, 4) is 0 Å². The van der Waals surface area contributed by atoms with Gasteiger partial charge >= 0.3 is 11.4 Å². The zero-order valence-electron chi connectivity index (χ0n) is 16.7.